The summed E-state index contributed by atoms with van der Waals surface area (Å²) in [6, 6.07) is 7.17. The minimum absolute atomic E-state index is 0.157. The lowest BCUT2D eigenvalue weighted by Gasteiger charge is -2.31. The molecule has 0 spiro atoms. The van der Waals surface area contributed by atoms with E-state index in [1.165, 1.54) is 0 Å². The van der Waals surface area contributed by atoms with E-state index in [9.17, 15) is 9.90 Å². The van der Waals surface area contributed by atoms with Crippen LogP contribution in [0.15, 0.2) is 24.3 Å². The standard InChI is InChI=1S/C14H18O4/c1-4-17-13(15)12-14(16,9(2)3)10-7-5-6-8-11(10)18-12/h5-9,12,16H,4H2,1-3H3/t12-,14+/m0/s1. The molecule has 1 heterocycles. The van der Waals surface area contributed by atoms with Crippen molar-refractivity contribution >= 4 is 5.97 Å². The van der Waals surface area contributed by atoms with E-state index < -0.39 is 17.7 Å². The lowest BCUT2D eigenvalue weighted by atomic mass is 9.80. The topological polar surface area (TPSA) is 55.8 Å². The fourth-order valence-electron chi connectivity index (χ4n) is 2.32. The Balaban J connectivity index is 2.44. The molecule has 1 aliphatic heterocycles. The molecule has 0 saturated heterocycles. The van der Waals surface area contributed by atoms with Gasteiger partial charge in [-0.25, -0.2) is 4.79 Å². The quantitative estimate of drug-likeness (QED) is 0.832. The van der Waals surface area contributed by atoms with Gasteiger partial charge in [-0.15, -0.1) is 0 Å². The van der Waals surface area contributed by atoms with Gasteiger partial charge in [0.25, 0.3) is 0 Å². The van der Waals surface area contributed by atoms with Crippen molar-refractivity contribution in [3.8, 4) is 5.75 Å². The van der Waals surface area contributed by atoms with Gasteiger partial charge in [0.2, 0.25) is 6.10 Å². The molecule has 1 N–H and O–H groups in total. The molecule has 0 bridgehead atoms. The fraction of sp³-hybridized carbons (Fsp3) is 0.500. The Hall–Kier alpha value is -1.55. The van der Waals surface area contributed by atoms with Gasteiger partial charge in [-0.1, -0.05) is 32.0 Å². The number of carbonyl (C=O) groups excluding carboxylic acids is 1. The molecular weight excluding hydrogens is 232 g/mol. The molecule has 98 valence electrons. The third-order valence-corrected chi connectivity index (χ3v) is 3.34. The molecule has 0 saturated carbocycles. The summed E-state index contributed by atoms with van der Waals surface area (Å²) in [4.78, 5) is 11.9. The van der Waals surface area contributed by atoms with E-state index in [0.29, 0.717) is 11.3 Å². The highest BCUT2D eigenvalue weighted by Crippen LogP contribution is 2.46. The Morgan fingerprint density at radius 3 is 2.78 bits per heavy atom. The molecule has 1 aromatic carbocycles. The van der Waals surface area contributed by atoms with E-state index >= 15 is 0 Å². The van der Waals surface area contributed by atoms with Gasteiger partial charge in [-0.2, -0.15) is 0 Å². The number of esters is 1. The predicted molar refractivity (Wildman–Crippen MR) is 66.2 cm³/mol. The number of para-hydroxylation sites is 1. The van der Waals surface area contributed by atoms with Crippen LogP contribution in [-0.4, -0.2) is 23.8 Å². The first-order valence-electron chi connectivity index (χ1n) is 6.17. The van der Waals surface area contributed by atoms with Gasteiger partial charge in [0.05, 0.1) is 6.61 Å². The zero-order valence-electron chi connectivity index (χ0n) is 10.8. The maximum Gasteiger partial charge on any atom is 0.350 e. The number of hydrogen-bond acceptors (Lipinski definition) is 4. The van der Waals surface area contributed by atoms with E-state index in [1.807, 2.05) is 26.0 Å². The summed E-state index contributed by atoms with van der Waals surface area (Å²) in [6.45, 7) is 5.72. The summed E-state index contributed by atoms with van der Waals surface area (Å²) in [6.07, 6.45) is -0.991. The van der Waals surface area contributed by atoms with E-state index in [1.54, 1.807) is 19.1 Å². The Bertz CT molecular complexity index is 455. The molecule has 0 aliphatic carbocycles. The highest BCUT2D eigenvalue weighted by molar-refractivity contribution is 5.79. The first kappa shape index (κ1) is 12.9. The molecule has 0 radical (unpaired) electrons. The van der Waals surface area contributed by atoms with Crippen LogP contribution >= 0.6 is 0 Å². The molecule has 1 aromatic rings. The van der Waals surface area contributed by atoms with E-state index in [-0.39, 0.29) is 12.5 Å². The van der Waals surface area contributed by atoms with Crippen molar-refractivity contribution in [2.45, 2.75) is 32.5 Å². The molecule has 1 aliphatic rings. The SMILES string of the molecule is CCOC(=O)[C@@H]1Oc2ccccc2[C@]1(O)C(C)C. The van der Waals surface area contributed by atoms with Crippen LogP contribution in [0.5, 0.6) is 5.75 Å². The lowest BCUT2D eigenvalue weighted by Crippen LogP contribution is -2.48. The summed E-state index contributed by atoms with van der Waals surface area (Å²) in [5.74, 6) is -0.132. The summed E-state index contributed by atoms with van der Waals surface area (Å²) < 4.78 is 10.6. The molecule has 2 rings (SSSR count). The van der Waals surface area contributed by atoms with Crippen LogP contribution in [0.2, 0.25) is 0 Å². The van der Waals surface area contributed by atoms with Crippen LogP contribution in [0.3, 0.4) is 0 Å². The third-order valence-electron chi connectivity index (χ3n) is 3.34. The van der Waals surface area contributed by atoms with Crippen molar-refractivity contribution in [1.82, 2.24) is 0 Å². The number of aliphatic hydroxyl groups is 1. The molecule has 2 atom stereocenters. The van der Waals surface area contributed by atoms with Crippen molar-refractivity contribution in [1.29, 1.82) is 0 Å². The summed E-state index contributed by atoms with van der Waals surface area (Å²) >= 11 is 0. The molecule has 0 amide bonds. The number of rotatable bonds is 3. The zero-order valence-corrected chi connectivity index (χ0v) is 10.8. The second kappa shape index (κ2) is 4.61. The smallest absolute Gasteiger partial charge is 0.350 e. The second-order valence-electron chi connectivity index (χ2n) is 4.73. The van der Waals surface area contributed by atoms with Crippen molar-refractivity contribution in [2.75, 3.05) is 6.61 Å². The second-order valence-corrected chi connectivity index (χ2v) is 4.73. The monoisotopic (exact) mass is 250 g/mol. The largest absolute Gasteiger partial charge is 0.475 e. The van der Waals surface area contributed by atoms with Crippen LogP contribution in [0.25, 0.3) is 0 Å². The Labute approximate surface area is 107 Å². The van der Waals surface area contributed by atoms with E-state index in [2.05, 4.69) is 0 Å². The molecule has 18 heavy (non-hydrogen) atoms. The number of fused-ring (bicyclic) bond motifs is 1. The minimum Gasteiger partial charge on any atom is -0.475 e. The van der Waals surface area contributed by atoms with Gasteiger partial charge < -0.3 is 14.6 Å². The van der Waals surface area contributed by atoms with Gasteiger partial charge in [-0.05, 0) is 18.9 Å². The maximum absolute atomic E-state index is 11.9. The molecule has 0 fully saturated rings. The summed E-state index contributed by atoms with van der Waals surface area (Å²) in [7, 11) is 0. The summed E-state index contributed by atoms with van der Waals surface area (Å²) in [5.41, 5.74) is -0.680. The number of carbonyl (C=O) groups is 1. The molecular formula is C14H18O4. The lowest BCUT2D eigenvalue weighted by molar-refractivity contribution is -0.167. The molecule has 0 aromatic heterocycles. The number of benzene rings is 1. The average Bonchev–Trinajstić information content (AvgIpc) is 2.65. The maximum atomic E-state index is 11.9. The Kier molecular flexibility index (Phi) is 3.30. The highest BCUT2D eigenvalue weighted by Gasteiger charge is 2.54. The highest BCUT2D eigenvalue weighted by atomic mass is 16.6. The molecule has 4 nitrogen and oxygen atoms in total. The Morgan fingerprint density at radius 1 is 1.50 bits per heavy atom. The van der Waals surface area contributed by atoms with Gasteiger partial charge in [0, 0.05) is 5.56 Å². The van der Waals surface area contributed by atoms with Gasteiger partial charge in [0.15, 0.2) is 0 Å². The van der Waals surface area contributed by atoms with Crippen molar-refractivity contribution in [3.05, 3.63) is 29.8 Å². The Morgan fingerprint density at radius 2 is 2.17 bits per heavy atom. The van der Waals surface area contributed by atoms with E-state index in [4.69, 9.17) is 9.47 Å². The van der Waals surface area contributed by atoms with Crippen molar-refractivity contribution in [2.24, 2.45) is 5.92 Å². The van der Waals surface area contributed by atoms with Crippen molar-refractivity contribution < 1.29 is 19.4 Å². The number of ether oxygens (including phenoxy) is 2. The van der Waals surface area contributed by atoms with Crippen LogP contribution in [0.1, 0.15) is 26.3 Å². The molecule has 4 heteroatoms. The number of hydrogen-bond donors (Lipinski definition) is 1. The molecule has 0 unspecified atom stereocenters. The van der Waals surface area contributed by atoms with Crippen LogP contribution < -0.4 is 4.74 Å². The van der Waals surface area contributed by atoms with Crippen molar-refractivity contribution in [3.63, 3.8) is 0 Å². The first-order valence-corrected chi connectivity index (χ1v) is 6.17. The van der Waals surface area contributed by atoms with Crippen LogP contribution in [0.4, 0.5) is 0 Å². The van der Waals surface area contributed by atoms with Gasteiger partial charge >= 0.3 is 5.97 Å². The normalized spacial score (nSPS) is 25.7. The van der Waals surface area contributed by atoms with Crippen LogP contribution in [0, 0.1) is 5.92 Å². The van der Waals surface area contributed by atoms with Crippen LogP contribution in [-0.2, 0) is 15.1 Å². The summed E-state index contributed by atoms with van der Waals surface area (Å²) in [5, 5.41) is 10.9. The predicted octanol–water partition coefficient (Wildman–Crippen LogP) is 1.85. The average molecular weight is 250 g/mol. The fourth-order valence-corrected chi connectivity index (χ4v) is 2.32. The third kappa shape index (κ3) is 1.77. The first-order chi connectivity index (χ1) is 8.51. The van der Waals surface area contributed by atoms with Gasteiger partial charge in [0.1, 0.15) is 11.4 Å². The van der Waals surface area contributed by atoms with E-state index in [0.717, 1.165) is 0 Å². The minimum atomic E-state index is -1.33. The zero-order chi connectivity index (χ0) is 13.3. The van der Waals surface area contributed by atoms with Gasteiger partial charge in [-0.3, -0.25) is 0 Å².